The summed E-state index contributed by atoms with van der Waals surface area (Å²) in [5.41, 5.74) is 1.30. The molecule has 0 spiro atoms. The number of ether oxygens (including phenoxy) is 3. The van der Waals surface area contributed by atoms with Crippen molar-refractivity contribution in [1.82, 2.24) is 5.32 Å². The number of carbonyl (C=O) groups is 3. The second-order valence-electron chi connectivity index (χ2n) is 6.92. The number of esters is 3. The summed E-state index contributed by atoms with van der Waals surface area (Å²) in [4.78, 5) is 48.1. The molecule has 0 saturated carbocycles. The van der Waals surface area contributed by atoms with E-state index in [9.17, 15) is 24.5 Å². The minimum atomic E-state index is -0.999. The van der Waals surface area contributed by atoms with Gasteiger partial charge in [0.2, 0.25) is 0 Å². The summed E-state index contributed by atoms with van der Waals surface area (Å²) >= 11 is 0. The van der Waals surface area contributed by atoms with Crippen LogP contribution in [-0.4, -0.2) is 50.2 Å². The Bertz CT molecular complexity index is 979. The van der Waals surface area contributed by atoms with E-state index in [1.807, 2.05) is 0 Å². The maximum atomic E-state index is 12.8. The van der Waals surface area contributed by atoms with Gasteiger partial charge in [-0.25, -0.2) is 14.4 Å². The van der Waals surface area contributed by atoms with Crippen LogP contribution < -0.4 is 5.32 Å². The van der Waals surface area contributed by atoms with Gasteiger partial charge < -0.3 is 19.5 Å². The van der Waals surface area contributed by atoms with Gasteiger partial charge in [-0.2, -0.15) is 0 Å². The third-order valence-electron chi connectivity index (χ3n) is 4.97. The second-order valence-corrected chi connectivity index (χ2v) is 6.92. The highest BCUT2D eigenvalue weighted by Gasteiger charge is 2.39. The number of benzene rings is 1. The number of nitrogens with zero attached hydrogens (tertiary/aromatic N) is 1. The first kappa shape index (κ1) is 23.6. The molecule has 1 aliphatic rings. The van der Waals surface area contributed by atoms with Crippen LogP contribution in [0.15, 0.2) is 46.7 Å². The second kappa shape index (κ2) is 9.88. The first-order chi connectivity index (χ1) is 14.7. The van der Waals surface area contributed by atoms with Crippen LogP contribution in [0, 0.1) is 10.1 Å². The number of rotatable bonds is 7. The molecule has 2 rings (SSSR count). The zero-order chi connectivity index (χ0) is 23.3. The summed E-state index contributed by atoms with van der Waals surface area (Å²) in [7, 11) is 3.63. The van der Waals surface area contributed by atoms with E-state index in [4.69, 9.17) is 14.2 Å². The molecule has 0 bridgehead atoms. The van der Waals surface area contributed by atoms with Crippen molar-refractivity contribution in [2.45, 2.75) is 32.2 Å². The molecule has 0 heterocycles. The lowest BCUT2D eigenvalue weighted by Gasteiger charge is -2.31. The van der Waals surface area contributed by atoms with E-state index in [2.05, 4.69) is 5.32 Å². The van der Waals surface area contributed by atoms with Gasteiger partial charge in [-0.3, -0.25) is 10.1 Å². The van der Waals surface area contributed by atoms with E-state index in [1.165, 1.54) is 39.5 Å². The van der Waals surface area contributed by atoms with Crippen LogP contribution in [0.1, 0.15) is 31.7 Å². The van der Waals surface area contributed by atoms with Crippen LogP contribution in [0.2, 0.25) is 0 Å². The quantitative estimate of drug-likeness (QED) is 0.298. The fourth-order valence-electron chi connectivity index (χ4n) is 3.55. The highest BCUT2D eigenvalue weighted by atomic mass is 16.6. The lowest BCUT2D eigenvalue weighted by molar-refractivity contribution is -0.384. The maximum Gasteiger partial charge on any atom is 0.336 e. The lowest BCUT2D eigenvalue weighted by Crippen LogP contribution is -2.38. The van der Waals surface area contributed by atoms with Gasteiger partial charge in [0.05, 0.1) is 37.7 Å². The summed E-state index contributed by atoms with van der Waals surface area (Å²) in [6, 6.07) is 4.84. The molecule has 31 heavy (non-hydrogen) atoms. The lowest BCUT2D eigenvalue weighted by atomic mass is 9.76. The summed E-state index contributed by atoms with van der Waals surface area (Å²) in [6.45, 7) is 3.25. The van der Waals surface area contributed by atoms with Crippen molar-refractivity contribution >= 4 is 23.6 Å². The summed E-state index contributed by atoms with van der Waals surface area (Å²) in [6.07, 6.45) is 0.141. The van der Waals surface area contributed by atoms with Gasteiger partial charge in [-0.1, -0.05) is 17.7 Å². The third kappa shape index (κ3) is 4.90. The zero-order valence-electron chi connectivity index (χ0n) is 17.9. The predicted molar refractivity (Wildman–Crippen MR) is 109 cm³/mol. The van der Waals surface area contributed by atoms with Crippen LogP contribution in [-0.2, 0) is 28.6 Å². The molecule has 1 N–H and O–H groups in total. The molecular formula is C21H24N2O8. The Morgan fingerprint density at radius 1 is 1.10 bits per heavy atom. The van der Waals surface area contributed by atoms with Crippen molar-refractivity contribution in [1.29, 1.82) is 0 Å². The Labute approximate surface area is 179 Å². The third-order valence-corrected chi connectivity index (χ3v) is 4.97. The smallest absolute Gasteiger partial charge is 0.336 e. The molecule has 1 aliphatic carbocycles. The molecule has 0 aromatic heterocycles. The largest absolute Gasteiger partial charge is 0.467 e. The van der Waals surface area contributed by atoms with E-state index in [1.54, 1.807) is 19.9 Å². The monoisotopic (exact) mass is 432 g/mol. The van der Waals surface area contributed by atoms with Gasteiger partial charge in [0.1, 0.15) is 6.04 Å². The van der Waals surface area contributed by atoms with Crippen LogP contribution >= 0.6 is 0 Å². The Morgan fingerprint density at radius 2 is 1.71 bits per heavy atom. The van der Waals surface area contributed by atoms with Gasteiger partial charge >= 0.3 is 17.9 Å². The molecule has 0 aliphatic heterocycles. The first-order valence-electron chi connectivity index (χ1n) is 9.34. The van der Waals surface area contributed by atoms with Gasteiger partial charge in [0.25, 0.3) is 5.69 Å². The van der Waals surface area contributed by atoms with E-state index in [-0.39, 0.29) is 23.3 Å². The fraction of sp³-hybridized carbons (Fsp3) is 0.381. The van der Waals surface area contributed by atoms with Crippen molar-refractivity contribution in [3.05, 3.63) is 62.4 Å². The number of nitrogens with one attached hydrogen (secondary N) is 1. The fourth-order valence-corrected chi connectivity index (χ4v) is 3.55. The number of nitro groups is 1. The Kier molecular flexibility index (Phi) is 7.51. The van der Waals surface area contributed by atoms with E-state index >= 15 is 0 Å². The number of non-ortho nitro benzene ring substituents is 1. The number of hydrogen-bond donors (Lipinski definition) is 1. The van der Waals surface area contributed by atoms with Crippen LogP contribution in [0.5, 0.6) is 0 Å². The van der Waals surface area contributed by atoms with Crippen molar-refractivity contribution in [2.75, 3.05) is 21.3 Å². The number of carbonyl (C=O) groups excluding carboxylic acids is 3. The van der Waals surface area contributed by atoms with E-state index < -0.39 is 34.8 Å². The van der Waals surface area contributed by atoms with Gasteiger partial charge in [-0.15, -0.1) is 0 Å². The number of allylic oxidation sites excluding steroid dienone is 1. The Hall–Kier alpha value is -3.69. The van der Waals surface area contributed by atoms with Crippen molar-refractivity contribution in [3.63, 3.8) is 0 Å². The first-order valence-corrected chi connectivity index (χ1v) is 9.34. The number of hydrogen-bond acceptors (Lipinski definition) is 9. The number of methoxy groups -OCH3 is 3. The van der Waals surface area contributed by atoms with E-state index in [0.717, 1.165) is 0 Å². The van der Waals surface area contributed by atoms with Crippen molar-refractivity contribution < 1.29 is 33.5 Å². The summed E-state index contributed by atoms with van der Waals surface area (Å²) in [5.74, 6) is -2.97. The molecule has 0 unspecified atom stereocenters. The minimum Gasteiger partial charge on any atom is -0.467 e. The normalized spacial score (nSPS) is 17.0. The molecule has 10 heteroatoms. The van der Waals surface area contributed by atoms with Crippen molar-refractivity contribution in [3.8, 4) is 0 Å². The van der Waals surface area contributed by atoms with Crippen LogP contribution in [0.3, 0.4) is 0 Å². The standard InChI is InChI=1S/C21H24N2O8/c1-11-9-15(22-12(2)19(24)29-3)18(21(26)31-5)17(16(11)20(25)30-4)13-7-6-8-14(10-13)23(27)28/h6-8,10,12,17,22H,9H2,1-5H3/t12-,17+/m0/s1. The highest BCUT2D eigenvalue weighted by molar-refractivity contribution is 6.00. The van der Waals surface area contributed by atoms with Crippen LogP contribution in [0.25, 0.3) is 0 Å². The van der Waals surface area contributed by atoms with E-state index in [0.29, 0.717) is 16.8 Å². The minimum absolute atomic E-state index is 0.0600. The van der Waals surface area contributed by atoms with Crippen molar-refractivity contribution in [2.24, 2.45) is 0 Å². The van der Waals surface area contributed by atoms with Gasteiger partial charge in [-0.05, 0) is 19.4 Å². The summed E-state index contributed by atoms with van der Waals surface area (Å²) in [5, 5.41) is 14.3. The SMILES string of the molecule is COC(=O)C1=C(C)CC(N[C@@H](C)C(=O)OC)=C(C(=O)OC)[C@@H]1c1cccc([N+](=O)[O-])c1. The molecule has 0 amide bonds. The highest BCUT2D eigenvalue weighted by Crippen LogP contribution is 2.42. The molecule has 10 nitrogen and oxygen atoms in total. The molecule has 166 valence electrons. The molecule has 0 saturated heterocycles. The molecule has 0 radical (unpaired) electrons. The molecular weight excluding hydrogens is 408 g/mol. The maximum absolute atomic E-state index is 12.8. The average molecular weight is 432 g/mol. The topological polar surface area (TPSA) is 134 Å². The molecule has 1 aromatic carbocycles. The molecule has 2 atom stereocenters. The average Bonchev–Trinajstić information content (AvgIpc) is 2.76. The van der Waals surface area contributed by atoms with Gasteiger partial charge in [0, 0.05) is 29.8 Å². The van der Waals surface area contributed by atoms with Gasteiger partial charge in [0.15, 0.2) is 0 Å². The van der Waals surface area contributed by atoms with Crippen LogP contribution in [0.4, 0.5) is 5.69 Å². The molecule has 0 fully saturated rings. The Balaban J connectivity index is 2.76. The predicted octanol–water partition coefficient (Wildman–Crippen LogP) is 2.15. The Morgan fingerprint density at radius 3 is 2.26 bits per heavy atom. The molecule has 1 aromatic rings. The summed E-state index contributed by atoms with van der Waals surface area (Å²) < 4.78 is 14.6. The number of nitro benzene ring substituents is 1. The zero-order valence-corrected chi connectivity index (χ0v) is 17.9.